The molecule has 2 heterocycles. The highest BCUT2D eigenvalue weighted by molar-refractivity contribution is 7.90. The highest BCUT2D eigenvalue weighted by Gasteiger charge is 2.30. The third-order valence-corrected chi connectivity index (χ3v) is 5.03. The predicted molar refractivity (Wildman–Crippen MR) is 80.2 cm³/mol. The molecule has 1 aromatic carbocycles. The standard InChI is InChI=1S/C14H17N3O4S/c1-10-9-17(6-7-21-10)13(18)8-15-14-11-4-2-3-5-12(11)22(19,20)16-14/h2-5,10H,6-9H2,1H3,(H,15,16)/t10-/m1/s1. The maximum absolute atomic E-state index is 12.2. The molecular formula is C14H17N3O4S. The smallest absolute Gasteiger partial charge is 0.263 e. The van der Waals surface area contributed by atoms with Gasteiger partial charge in [-0.3, -0.25) is 14.5 Å². The minimum Gasteiger partial charge on any atom is -0.375 e. The third-order valence-electron chi connectivity index (χ3n) is 3.63. The second-order valence-electron chi connectivity index (χ2n) is 5.29. The van der Waals surface area contributed by atoms with Gasteiger partial charge >= 0.3 is 0 Å². The average molecular weight is 323 g/mol. The van der Waals surface area contributed by atoms with Gasteiger partial charge in [0.1, 0.15) is 12.4 Å². The number of rotatable bonds is 2. The largest absolute Gasteiger partial charge is 0.375 e. The molecule has 2 aliphatic rings. The number of amidine groups is 1. The van der Waals surface area contributed by atoms with Gasteiger partial charge in [0.2, 0.25) is 5.91 Å². The summed E-state index contributed by atoms with van der Waals surface area (Å²) in [7, 11) is -3.56. The van der Waals surface area contributed by atoms with Crippen molar-refractivity contribution in [1.82, 2.24) is 9.62 Å². The first-order chi connectivity index (χ1) is 10.5. The number of aliphatic imine (C=N–C) groups is 1. The van der Waals surface area contributed by atoms with Gasteiger partial charge in [-0.25, -0.2) is 8.42 Å². The summed E-state index contributed by atoms with van der Waals surface area (Å²) >= 11 is 0. The van der Waals surface area contributed by atoms with Crippen molar-refractivity contribution in [3.05, 3.63) is 29.8 Å². The summed E-state index contributed by atoms with van der Waals surface area (Å²) in [6, 6.07) is 6.59. The van der Waals surface area contributed by atoms with Crippen molar-refractivity contribution in [2.45, 2.75) is 17.9 Å². The fourth-order valence-electron chi connectivity index (χ4n) is 2.54. The summed E-state index contributed by atoms with van der Waals surface area (Å²) in [5.74, 6) is 0.0940. The number of morpholine rings is 1. The molecule has 0 aromatic heterocycles. The highest BCUT2D eigenvalue weighted by atomic mass is 32.2. The van der Waals surface area contributed by atoms with Crippen LogP contribution in [0, 0.1) is 0 Å². The lowest BCUT2D eigenvalue weighted by Crippen LogP contribution is -2.45. The summed E-state index contributed by atoms with van der Waals surface area (Å²) < 4.78 is 31.7. The Balaban J connectivity index is 1.75. The van der Waals surface area contributed by atoms with Crippen LogP contribution in [0.1, 0.15) is 12.5 Å². The molecule has 1 atom stereocenters. The Hall–Kier alpha value is -1.93. The van der Waals surface area contributed by atoms with Gasteiger partial charge in [-0.15, -0.1) is 0 Å². The van der Waals surface area contributed by atoms with E-state index in [-0.39, 0.29) is 29.3 Å². The van der Waals surface area contributed by atoms with Crippen LogP contribution in [-0.2, 0) is 19.6 Å². The number of fused-ring (bicyclic) bond motifs is 1. The lowest BCUT2D eigenvalue weighted by molar-refractivity contribution is -0.136. The van der Waals surface area contributed by atoms with Crippen LogP contribution in [0.15, 0.2) is 34.2 Å². The highest BCUT2D eigenvalue weighted by Crippen LogP contribution is 2.22. The van der Waals surface area contributed by atoms with E-state index in [9.17, 15) is 13.2 Å². The van der Waals surface area contributed by atoms with Crippen molar-refractivity contribution in [1.29, 1.82) is 0 Å². The van der Waals surface area contributed by atoms with Crippen molar-refractivity contribution < 1.29 is 17.9 Å². The molecule has 0 unspecified atom stereocenters. The summed E-state index contributed by atoms with van der Waals surface area (Å²) in [4.78, 5) is 18.2. The van der Waals surface area contributed by atoms with Gasteiger partial charge in [-0.2, -0.15) is 0 Å². The van der Waals surface area contributed by atoms with Crippen LogP contribution in [0.5, 0.6) is 0 Å². The van der Waals surface area contributed by atoms with E-state index >= 15 is 0 Å². The molecule has 2 aliphatic heterocycles. The number of carbonyl (C=O) groups excluding carboxylic acids is 1. The molecule has 7 nitrogen and oxygen atoms in total. The zero-order valence-electron chi connectivity index (χ0n) is 12.2. The van der Waals surface area contributed by atoms with E-state index in [0.29, 0.717) is 25.3 Å². The lowest BCUT2D eigenvalue weighted by atomic mass is 10.2. The molecular weight excluding hydrogens is 306 g/mol. The topological polar surface area (TPSA) is 88.1 Å². The Bertz CT molecular complexity index is 729. The SMILES string of the molecule is C[C@@H]1CN(C(=O)CN=C2NS(=O)(=O)c3ccccc32)CCO1. The van der Waals surface area contributed by atoms with E-state index in [4.69, 9.17) is 4.74 Å². The summed E-state index contributed by atoms with van der Waals surface area (Å²) in [5, 5.41) is 0. The number of hydrogen-bond donors (Lipinski definition) is 1. The molecule has 1 saturated heterocycles. The number of ether oxygens (including phenoxy) is 1. The molecule has 3 rings (SSSR count). The second kappa shape index (κ2) is 5.69. The van der Waals surface area contributed by atoms with Gasteiger partial charge < -0.3 is 9.64 Å². The van der Waals surface area contributed by atoms with E-state index in [2.05, 4.69) is 9.71 Å². The molecule has 118 valence electrons. The van der Waals surface area contributed by atoms with Crippen molar-refractivity contribution in [2.24, 2.45) is 4.99 Å². The van der Waals surface area contributed by atoms with Crippen molar-refractivity contribution in [3.63, 3.8) is 0 Å². The Morgan fingerprint density at radius 1 is 1.45 bits per heavy atom. The fraction of sp³-hybridized carbons (Fsp3) is 0.429. The average Bonchev–Trinajstić information content (AvgIpc) is 2.76. The first-order valence-corrected chi connectivity index (χ1v) is 8.52. The van der Waals surface area contributed by atoms with Gasteiger partial charge in [-0.05, 0) is 19.1 Å². The Labute approximate surface area is 129 Å². The normalized spacial score (nSPS) is 24.9. The second-order valence-corrected chi connectivity index (χ2v) is 6.94. The number of hydrogen-bond acceptors (Lipinski definition) is 5. The number of benzene rings is 1. The number of amides is 1. The van der Waals surface area contributed by atoms with Gasteiger partial charge in [0, 0.05) is 18.7 Å². The van der Waals surface area contributed by atoms with E-state index in [0.717, 1.165) is 0 Å². The van der Waals surface area contributed by atoms with Gasteiger partial charge in [-0.1, -0.05) is 12.1 Å². The van der Waals surface area contributed by atoms with Crippen LogP contribution in [-0.4, -0.2) is 57.4 Å². The summed E-state index contributed by atoms with van der Waals surface area (Å²) in [6.07, 6.45) is 0.0102. The van der Waals surface area contributed by atoms with Gasteiger partial charge in [0.15, 0.2) is 0 Å². The molecule has 1 N–H and O–H groups in total. The minimum atomic E-state index is -3.56. The van der Waals surface area contributed by atoms with E-state index in [1.807, 2.05) is 6.92 Å². The van der Waals surface area contributed by atoms with E-state index in [1.54, 1.807) is 23.1 Å². The van der Waals surface area contributed by atoms with Crippen LogP contribution in [0.4, 0.5) is 0 Å². The van der Waals surface area contributed by atoms with E-state index in [1.165, 1.54) is 6.07 Å². The number of carbonyl (C=O) groups is 1. The van der Waals surface area contributed by atoms with Crippen molar-refractivity contribution >= 4 is 21.8 Å². The molecule has 0 radical (unpaired) electrons. The Morgan fingerprint density at radius 2 is 2.23 bits per heavy atom. The lowest BCUT2D eigenvalue weighted by Gasteiger charge is -2.30. The molecule has 0 spiro atoms. The molecule has 0 bridgehead atoms. The van der Waals surface area contributed by atoms with Crippen LogP contribution < -0.4 is 4.72 Å². The molecule has 1 amide bonds. The molecule has 1 aromatic rings. The fourth-order valence-corrected chi connectivity index (χ4v) is 3.79. The minimum absolute atomic E-state index is 0.0102. The summed E-state index contributed by atoms with van der Waals surface area (Å²) in [5.41, 5.74) is 0.505. The van der Waals surface area contributed by atoms with E-state index < -0.39 is 10.0 Å². The molecule has 0 saturated carbocycles. The molecule has 1 fully saturated rings. The van der Waals surface area contributed by atoms with Gasteiger partial charge in [0.25, 0.3) is 10.0 Å². The summed E-state index contributed by atoms with van der Waals surface area (Å²) in [6.45, 7) is 3.41. The Kier molecular flexibility index (Phi) is 3.88. The molecule has 8 heteroatoms. The number of nitrogens with one attached hydrogen (secondary N) is 1. The number of nitrogens with zero attached hydrogens (tertiary/aromatic N) is 2. The quantitative estimate of drug-likeness (QED) is 0.828. The van der Waals surface area contributed by atoms with Gasteiger partial charge in [0.05, 0.1) is 17.6 Å². The van der Waals surface area contributed by atoms with Crippen LogP contribution in [0.3, 0.4) is 0 Å². The first kappa shape index (κ1) is 15.0. The zero-order chi connectivity index (χ0) is 15.7. The maximum Gasteiger partial charge on any atom is 0.263 e. The molecule has 0 aliphatic carbocycles. The third kappa shape index (κ3) is 2.84. The zero-order valence-corrected chi connectivity index (χ0v) is 13.0. The number of sulfonamides is 1. The monoisotopic (exact) mass is 323 g/mol. The van der Waals surface area contributed by atoms with Crippen LogP contribution in [0.2, 0.25) is 0 Å². The Morgan fingerprint density at radius 3 is 3.00 bits per heavy atom. The molecule has 22 heavy (non-hydrogen) atoms. The van der Waals surface area contributed by atoms with Crippen LogP contribution in [0.25, 0.3) is 0 Å². The predicted octanol–water partition coefficient (Wildman–Crippen LogP) is -0.0276. The van der Waals surface area contributed by atoms with Crippen LogP contribution >= 0.6 is 0 Å². The maximum atomic E-state index is 12.2. The van der Waals surface area contributed by atoms with Crippen molar-refractivity contribution in [3.8, 4) is 0 Å². The van der Waals surface area contributed by atoms with Crippen molar-refractivity contribution in [2.75, 3.05) is 26.2 Å². The first-order valence-electron chi connectivity index (χ1n) is 7.03.